The van der Waals surface area contributed by atoms with Crippen molar-refractivity contribution in [2.75, 3.05) is 20.8 Å². The standard InChI is InChI=1S/C19H22N2O5/c1-12-5-6-15(13(2)7-12)26-11-18(22)21-20-10-14-8-16(24-3)19(23)17(9-14)25-4/h5-10,23H,11H2,1-4H3,(H,21,22)/b20-10-. The third kappa shape index (κ3) is 4.89. The quantitative estimate of drug-likeness (QED) is 0.586. The van der Waals surface area contributed by atoms with Gasteiger partial charge in [0.2, 0.25) is 5.75 Å². The first kappa shape index (κ1) is 19.1. The molecule has 0 radical (unpaired) electrons. The molecule has 2 aromatic carbocycles. The molecule has 0 saturated heterocycles. The molecule has 7 heteroatoms. The van der Waals surface area contributed by atoms with Crippen LogP contribution in [0, 0.1) is 13.8 Å². The maximum absolute atomic E-state index is 11.8. The maximum atomic E-state index is 11.8. The molecule has 0 saturated carbocycles. The molecule has 0 aromatic heterocycles. The van der Waals surface area contributed by atoms with Crippen molar-refractivity contribution in [3.8, 4) is 23.0 Å². The van der Waals surface area contributed by atoms with E-state index in [0.29, 0.717) is 11.3 Å². The van der Waals surface area contributed by atoms with Gasteiger partial charge in [-0.25, -0.2) is 5.43 Å². The fourth-order valence-corrected chi connectivity index (χ4v) is 2.30. The lowest BCUT2D eigenvalue weighted by atomic mass is 10.1. The van der Waals surface area contributed by atoms with E-state index in [2.05, 4.69) is 10.5 Å². The fourth-order valence-electron chi connectivity index (χ4n) is 2.30. The topological polar surface area (TPSA) is 89.4 Å². The molecular weight excluding hydrogens is 336 g/mol. The number of amides is 1. The molecule has 0 heterocycles. The average molecular weight is 358 g/mol. The van der Waals surface area contributed by atoms with Crippen LogP contribution in [-0.4, -0.2) is 38.1 Å². The number of nitrogens with one attached hydrogen (secondary N) is 1. The molecule has 0 spiro atoms. The third-order valence-corrected chi connectivity index (χ3v) is 3.59. The minimum absolute atomic E-state index is 0.0990. The number of methoxy groups -OCH3 is 2. The molecular formula is C19H22N2O5. The highest BCUT2D eigenvalue weighted by molar-refractivity contribution is 5.84. The number of rotatable bonds is 7. The van der Waals surface area contributed by atoms with Gasteiger partial charge in [-0.15, -0.1) is 0 Å². The van der Waals surface area contributed by atoms with Crippen molar-refractivity contribution in [2.24, 2.45) is 5.10 Å². The van der Waals surface area contributed by atoms with Gasteiger partial charge in [-0.3, -0.25) is 4.79 Å². The summed E-state index contributed by atoms with van der Waals surface area (Å²) in [5, 5.41) is 13.7. The second kappa shape index (κ2) is 8.75. The summed E-state index contributed by atoms with van der Waals surface area (Å²) < 4.78 is 15.6. The van der Waals surface area contributed by atoms with Crippen LogP contribution in [0.5, 0.6) is 23.0 Å². The Morgan fingerprint density at radius 1 is 1.12 bits per heavy atom. The summed E-state index contributed by atoms with van der Waals surface area (Å²) in [5.41, 5.74) is 5.06. The first-order valence-corrected chi connectivity index (χ1v) is 7.91. The van der Waals surface area contributed by atoms with E-state index >= 15 is 0 Å². The van der Waals surface area contributed by atoms with E-state index in [1.807, 2.05) is 32.0 Å². The van der Waals surface area contributed by atoms with Crippen molar-refractivity contribution in [1.29, 1.82) is 0 Å². The summed E-state index contributed by atoms with van der Waals surface area (Å²) in [6.45, 7) is 3.76. The second-order valence-electron chi connectivity index (χ2n) is 5.62. The average Bonchev–Trinajstić information content (AvgIpc) is 2.62. The summed E-state index contributed by atoms with van der Waals surface area (Å²) >= 11 is 0. The number of benzene rings is 2. The molecule has 0 fully saturated rings. The molecule has 0 atom stereocenters. The van der Waals surface area contributed by atoms with Crippen LogP contribution in [0.4, 0.5) is 0 Å². The Morgan fingerprint density at radius 2 is 1.77 bits per heavy atom. The summed E-state index contributed by atoms with van der Waals surface area (Å²) in [6, 6.07) is 8.87. The third-order valence-electron chi connectivity index (χ3n) is 3.59. The van der Waals surface area contributed by atoms with Gasteiger partial charge in [-0.2, -0.15) is 5.10 Å². The van der Waals surface area contributed by atoms with Crippen LogP contribution in [0.3, 0.4) is 0 Å². The number of hydrogen-bond donors (Lipinski definition) is 2. The minimum Gasteiger partial charge on any atom is -0.502 e. The van der Waals surface area contributed by atoms with Crippen LogP contribution in [0.1, 0.15) is 16.7 Å². The van der Waals surface area contributed by atoms with Gasteiger partial charge in [0.15, 0.2) is 18.1 Å². The number of carbonyl (C=O) groups excluding carboxylic acids is 1. The van der Waals surface area contributed by atoms with E-state index in [1.54, 1.807) is 12.1 Å². The molecule has 0 aliphatic heterocycles. The smallest absolute Gasteiger partial charge is 0.277 e. The van der Waals surface area contributed by atoms with Crippen molar-refractivity contribution < 1.29 is 24.1 Å². The van der Waals surface area contributed by atoms with Crippen molar-refractivity contribution in [3.63, 3.8) is 0 Å². The van der Waals surface area contributed by atoms with Gasteiger partial charge < -0.3 is 19.3 Å². The Bertz CT molecular complexity index is 793. The van der Waals surface area contributed by atoms with Crippen LogP contribution in [-0.2, 0) is 4.79 Å². The second-order valence-corrected chi connectivity index (χ2v) is 5.62. The van der Waals surface area contributed by atoms with E-state index in [4.69, 9.17) is 14.2 Å². The number of hydrazone groups is 1. The zero-order chi connectivity index (χ0) is 19.1. The van der Waals surface area contributed by atoms with Gasteiger partial charge in [-0.05, 0) is 37.6 Å². The first-order valence-electron chi connectivity index (χ1n) is 7.91. The van der Waals surface area contributed by atoms with E-state index in [0.717, 1.165) is 11.1 Å². The molecule has 2 N–H and O–H groups in total. The van der Waals surface area contributed by atoms with Crippen LogP contribution >= 0.6 is 0 Å². The van der Waals surface area contributed by atoms with E-state index in [-0.39, 0.29) is 29.8 Å². The Balaban J connectivity index is 1.94. The summed E-state index contributed by atoms with van der Waals surface area (Å²) in [7, 11) is 2.86. The lowest BCUT2D eigenvalue weighted by molar-refractivity contribution is -0.123. The number of ether oxygens (including phenoxy) is 3. The van der Waals surface area contributed by atoms with Crippen LogP contribution < -0.4 is 19.6 Å². The first-order chi connectivity index (χ1) is 12.4. The minimum atomic E-state index is -0.390. The van der Waals surface area contributed by atoms with E-state index in [9.17, 15) is 9.90 Å². The number of hydrogen-bond acceptors (Lipinski definition) is 6. The normalized spacial score (nSPS) is 10.6. The van der Waals surface area contributed by atoms with Crippen molar-refractivity contribution >= 4 is 12.1 Å². The number of phenolic OH excluding ortho intramolecular Hbond substituents is 1. The molecule has 26 heavy (non-hydrogen) atoms. The lowest BCUT2D eigenvalue weighted by Gasteiger charge is -2.09. The van der Waals surface area contributed by atoms with E-state index in [1.165, 1.54) is 20.4 Å². The highest BCUT2D eigenvalue weighted by Gasteiger charge is 2.10. The molecule has 0 unspecified atom stereocenters. The Labute approximate surface area is 152 Å². The molecule has 1 amide bonds. The molecule has 138 valence electrons. The molecule has 2 rings (SSSR count). The number of aromatic hydroxyl groups is 1. The predicted molar refractivity (Wildman–Crippen MR) is 98.4 cm³/mol. The molecule has 0 aliphatic rings. The van der Waals surface area contributed by atoms with Gasteiger partial charge in [-0.1, -0.05) is 17.7 Å². The van der Waals surface area contributed by atoms with Crippen molar-refractivity contribution in [1.82, 2.24) is 5.43 Å². The van der Waals surface area contributed by atoms with Gasteiger partial charge in [0, 0.05) is 5.56 Å². The highest BCUT2D eigenvalue weighted by atomic mass is 16.5. The molecule has 0 aliphatic carbocycles. The van der Waals surface area contributed by atoms with E-state index < -0.39 is 0 Å². The highest BCUT2D eigenvalue weighted by Crippen LogP contribution is 2.36. The molecule has 7 nitrogen and oxygen atoms in total. The largest absolute Gasteiger partial charge is 0.502 e. The number of nitrogens with zero attached hydrogens (tertiary/aromatic N) is 1. The Morgan fingerprint density at radius 3 is 2.35 bits per heavy atom. The summed E-state index contributed by atoms with van der Waals surface area (Å²) in [5.74, 6) is 0.658. The zero-order valence-corrected chi connectivity index (χ0v) is 15.2. The number of phenols is 1. The predicted octanol–water partition coefficient (Wildman–Crippen LogP) is 2.56. The molecule has 0 bridgehead atoms. The maximum Gasteiger partial charge on any atom is 0.277 e. The van der Waals surface area contributed by atoms with Gasteiger partial charge in [0.1, 0.15) is 5.75 Å². The zero-order valence-electron chi connectivity index (χ0n) is 15.2. The van der Waals surface area contributed by atoms with Crippen LogP contribution in [0.15, 0.2) is 35.4 Å². The Hall–Kier alpha value is -3.22. The summed E-state index contributed by atoms with van der Waals surface area (Å²) in [6.07, 6.45) is 1.42. The van der Waals surface area contributed by atoms with Gasteiger partial charge in [0.25, 0.3) is 5.91 Å². The van der Waals surface area contributed by atoms with Crippen LogP contribution in [0.25, 0.3) is 0 Å². The summed E-state index contributed by atoms with van der Waals surface area (Å²) in [4.78, 5) is 11.8. The number of aryl methyl sites for hydroxylation is 2. The Kier molecular flexibility index (Phi) is 6.43. The monoisotopic (exact) mass is 358 g/mol. The van der Waals surface area contributed by atoms with Crippen LogP contribution in [0.2, 0.25) is 0 Å². The van der Waals surface area contributed by atoms with Gasteiger partial charge in [0.05, 0.1) is 20.4 Å². The molecule has 2 aromatic rings. The van der Waals surface area contributed by atoms with Crippen molar-refractivity contribution in [2.45, 2.75) is 13.8 Å². The number of carbonyl (C=O) groups is 1. The van der Waals surface area contributed by atoms with Crippen molar-refractivity contribution in [3.05, 3.63) is 47.0 Å². The van der Waals surface area contributed by atoms with Gasteiger partial charge >= 0.3 is 0 Å². The fraction of sp³-hybridized carbons (Fsp3) is 0.263. The SMILES string of the molecule is COc1cc(/C=N\NC(=O)COc2ccc(C)cc2C)cc(OC)c1O. The lowest BCUT2D eigenvalue weighted by Crippen LogP contribution is -2.24.